The van der Waals surface area contributed by atoms with Crippen LogP contribution in [0, 0.1) is 0 Å². The van der Waals surface area contributed by atoms with Gasteiger partial charge in [-0.05, 0) is 72.4 Å². The molecule has 38 heavy (non-hydrogen) atoms. The van der Waals surface area contributed by atoms with Crippen molar-refractivity contribution in [3.05, 3.63) is 102 Å². The number of benzene rings is 4. The van der Waals surface area contributed by atoms with Gasteiger partial charge in [-0.15, -0.1) is 0 Å². The van der Waals surface area contributed by atoms with Crippen LogP contribution in [-0.4, -0.2) is 46.1 Å². The predicted octanol–water partition coefficient (Wildman–Crippen LogP) is 5.96. The van der Waals surface area contributed by atoms with Crippen molar-refractivity contribution in [2.75, 3.05) is 13.2 Å². The third-order valence-corrected chi connectivity index (χ3v) is 6.75. The van der Waals surface area contributed by atoms with E-state index < -0.39 is 12.1 Å². The van der Waals surface area contributed by atoms with Gasteiger partial charge in [0.25, 0.3) is 0 Å². The second kappa shape index (κ2) is 11.8. The molecule has 0 heterocycles. The Hall–Kier alpha value is -3.71. The fourth-order valence-corrected chi connectivity index (χ4v) is 4.71. The number of carboxylic acid groups (broad SMARTS) is 1. The number of aliphatic hydroxyl groups is 1. The van der Waals surface area contributed by atoms with Crippen molar-refractivity contribution in [2.24, 2.45) is 0 Å². The first-order chi connectivity index (χ1) is 18.1. The third kappa shape index (κ3) is 6.78. The highest BCUT2D eigenvalue weighted by atomic mass is 16.5. The van der Waals surface area contributed by atoms with Crippen LogP contribution in [0.15, 0.2) is 84.9 Å². The van der Waals surface area contributed by atoms with Crippen molar-refractivity contribution in [3.63, 3.8) is 0 Å². The number of phenols is 1. The summed E-state index contributed by atoms with van der Waals surface area (Å²) in [6.45, 7) is 6.70. The number of hydrogen-bond acceptors (Lipinski definition) is 5. The molecule has 0 saturated carbocycles. The molecule has 0 aliphatic heterocycles. The summed E-state index contributed by atoms with van der Waals surface area (Å²) < 4.78 is 6.03. The molecule has 6 nitrogen and oxygen atoms in total. The second-order valence-electron chi connectivity index (χ2n) is 10.4. The summed E-state index contributed by atoms with van der Waals surface area (Å²) >= 11 is 0. The van der Waals surface area contributed by atoms with Crippen LogP contribution in [0.2, 0.25) is 0 Å². The Morgan fingerprint density at radius 2 is 1.66 bits per heavy atom. The summed E-state index contributed by atoms with van der Waals surface area (Å²) in [6.07, 6.45) is -0.199. The summed E-state index contributed by atoms with van der Waals surface area (Å²) in [5, 5.41) is 35.9. The summed E-state index contributed by atoms with van der Waals surface area (Å²) in [6, 6.07) is 26.9. The maximum Gasteiger partial charge on any atom is 0.339 e. The van der Waals surface area contributed by atoms with Crippen molar-refractivity contribution in [1.29, 1.82) is 0 Å². The molecule has 2 atom stereocenters. The lowest BCUT2D eigenvalue weighted by Gasteiger charge is -2.28. The Morgan fingerprint density at radius 3 is 2.39 bits per heavy atom. The van der Waals surface area contributed by atoms with Gasteiger partial charge in [-0.25, -0.2) is 4.79 Å². The Bertz CT molecular complexity index is 1410. The summed E-state index contributed by atoms with van der Waals surface area (Å²) in [7, 11) is 0. The van der Waals surface area contributed by atoms with Crippen LogP contribution in [0.3, 0.4) is 0 Å². The van der Waals surface area contributed by atoms with Crippen molar-refractivity contribution in [2.45, 2.75) is 44.9 Å². The highest BCUT2D eigenvalue weighted by Gasteiger charge is 2.21. The molecule has 0 amide bonds. The fourth-order valence-electron chi connectivity index (χ4n) is 4.71. The van der Waals surface area contributed by atoms with Crippen molar-refractivity contribution >= 4 is 16.7 Å². The maximum atomic E-state index is 11.2. The van der Waals surface area contributed by atoms with Gasteiger partial charge in [0.15, 0.2) is 0 Å². The molecule has 6 heteroatoms. The third-order valence-electron chi connectivity index (χ3n) is 6.75. The molecular weight excluding hydrogens is 478 g/mol. The molecule has 0 aliphatic rings. The van der Waals surface area contributed by atoms with Gasteiger partial charge in [0.05, 0.1) is 18.8 Å². The van der Waals surface area contributed by atoms with Crippen LogP contribution in [0.1, 0.15) is 48.4 Å². The van der Waals surface area contributed by atoms with Gasteiger partial charge in [-0.1, -0.05) is 72.8 Å². The molecule has 0 spiro atoms. The van der Waals surface area contributed by atoms with Crippen LogP contribution in [0.25, 0.3) is 21.9 Å². The van der Waals surface area contributed by atoms with Gasteiger partial charge < -0.3 is 25.4 Å². The van der Waals surface area contributed by atoms with Crippen molar-refractivity contribution in [1.82, 2.24) is 5.32 Å². The average Bonchev–Trinajstić information content (AvgIpc) is 2.90. The number of nitrogens with one attached hydrogen (secondary N) is 1. The molecule has 1 unspecified atom stereocenters. The second-order valence-corrected chi connectivity index (χ2v) is 10.4. The number of fused-ring (bicyclic) bond motifs is 1. The monoisotopic (exact) mass is 513 g/mol. The van der Waals surface area contributed by atoms with Gasteiger partial charge in [-0.3, -0.25) is 0 Å². The molecule has 0 radical (unpaired) electrons. The lowest BCUT2D eigenvalue weighted by Crippen LogP contribution is -2.46. The molecular formula is C32H35NO5. The smallest absolute Gasteiger partial charge is 0.339 e. The van der Waals surface area contributed by atoms with E-state index in [9.17, 15) is 20.1 Å². The average molecular weight is 514 g/mol. The Labute approximate surface area is 223 Å². The topological polar surface area (TPSA) is 99.0 Å². The molecule has 4 rings (SSSR count). The van der Waals surface area contributed by atoms with Crippen LogP contribution in [-0.2, 0) is 11.2 Å². The minimum Gasteiger partial charge on any atom is -0.507 e. The van der Waals surface area contributed by atoms with Gasteiger partial charge in [0.1, 0.15) is 11.3 Å². The Morgan fingerprint density at radius 1 is 0.947 bits per heavy atom. The van der Waals surface area contributed by atoms with E-state index in [4.69, 9.17) is 4.74 Å². The van der Waals surface area contributed by atoms with Crippen LogP contribution < -0.4 is 5.32 Å². The van der Waals surface area contributed by atoms with E-state index >= 15 is 0 Å². The lowest BCUT2D eigenvalue weighted by molar-refractivity contribution is -0.00397. The predicted molar refractivity (Wildman–Crippen MR) is 151 cm³/mol. The van der Waals surface area contributed by atoms with Gasteiger partial charge in [0.2, 0.25) is 0 Å². The van der Waals surface area contributed by atoms with E-state index in [-0.39, 0.29) is 29.6 Å². The number of aromatic carboxylic acids is 1. The number of hydrogen-bond donors (Lipinski definition) is 4. The molecule has 0 bridgehead atoms. The Balaban J connectivity index is 1.34. The van der Waals surface area contributed by atoms with Crippen LogP contribution in [0.4, 0.5) is 0 Å². The van der Waals surface area contributed by atoms with Gasteiger partial charge in [-0.2, -0.15) is 0 Å². The molecule has 198 valence electrons. The quantitative estimate of drug-likeness (QED) is 0.198. The first-order valence-corrected chi connectivity index (χ1v) is 12.8. The van der Waals surface area contributed by atoms with E-state index in [1.165, 1.54) is 28.5 Å². The molecule has 4 aromatic carbocycles. The molecule has 0 aliphatic carbocycles. The number of carbonyl (C=O) groups is 1. The minimum absolute atomic E-state index is 0.144. The van der Waals surface area contributed by atoms with Gasteiger partial charge in [0, 0.05) is 12.1 Å². The van der Waals surface area contributed by atoms with E-state index in [0.29, 0.717) is 12.1 Å². The lowest BCUT2D eigenvalue weighted by atomic mass is 9.93. The summed E-state index contributed by atoms with van der Waals surface area (Å²) in [5.74, 6) is -1.46. The highest BCUT2D eigenvalue weighted by molar-refractivity contribution is 5.92. The number of aliphatic hydroxyl groups excluding tert-OH is 1. The number of β-amino-alcohol motifs (C(OH)–C–C–N with tert-alkyl or cyclic N) is 1. The fraction of sp³-hybridized carbons (Fsp3) is 0.281. The molecule has 0 aromatic heterocycles. The summed E-state index contributed by atoms with van der Waals surface area (Å²) in [5.41, 5.74) is 3.28. The number of carboxylic acids is 1. The van der Waals surface area contributed by atoms with Crippen molar-refractivity contribution in [3.8, 4) is 16.9 Å². The first kappa shape index (κ1) is 27.3. The molecule has 4 N–H and O–H groups in total. The maximum absolute atomic E-state index is 11.2. The zero-order valence-electron chi connectivity index (χ0n) is 22.0. The minimum atomic E-state index is -1.18. The SMILES string of the molecule is CC(OC[C@H](O)CNC(C)(C)Cc1ccc2ccccc2c1)c1ccccc1-c1ccc(C(=O)O)c(O)c1. The normalized spacial score (nSPS) is 13.4. The zero-order chi connectivity index (χ0) is 27.3. The molecule has 0 fully saturated rings. The van der Waals surface area contributed by atoms with E-state index in [1.54, 1.807) is 6.07 Å². The van der Waals surface area contributed by atoms with Crippen LogP contribution in [0.5, 0.6) is 5.75 Å². The van der Waals surface area contributed by atoms with E-state index in [1.807, 2.05) is 43.3 Å². The summed E-state index contributed by atoms with van der Waals surface area (Å²) in [4.78, 5) is 11.2. The number of rotatable bonds is 11. The van der Waals surface area contributed by atoms with E-state index in [0.717, 1.165) is 17.5 Å². The first-order valence-electron chi connectivity index (χ1n) is 12.8. The standard InChI is InChI=1S/C32H35NO5/c1-21(27-10-6-7-11-28(27)25-14-15-29(31(36)37)30(35)17-25)38-20-26(34)19-33-32(2,3)18-22-12-13-23-8-4-5-9-24(23)16-22/h4-17,21,26,33-35H,18-20H2,1-3H3,(H,36,37)/t21?,26-/m1/s1. The van der Waals surface area contributed by atoms with Crippen LogP contribution >= 0.6 is 0 Å². The van der Waals surface area contributed by atoms with Crippen molar-refractivity contribution < 1.29 is 24.9 Å². The molecule has 0 saturated heterocycles. The highest BCUT2D eigenvalue weighted by Crippen LogP contribution is 2.33. The number of aromatic hydroxyl groups is 1. The molecule has 4 aromatic rings. The number of ether oxygens (including phenoxy) is 1. The van der Waals surface area contributed by atoms with Gasteiger partial charge >= 0.3 is 5.97 Å². The largest absolute Gasteiger partial charge is 0.507 e. The van der Waals surface area contributed by atoms with E-state index in [2.05, 4.69) is 49.5 Å². The Kier molecular flexibility index (Phi) is 8.47. The zero-order valence-corrected chi connectivity index (χ0v) is 22.0.